The van der Waals surface area contributed by atoms with Crippen LogP contribution in [0.25, 0.3) is 0 Å². The number of carbonyl (C=O) groups is 1. The van der Waals surface area contributed by atoms with E-state index in [0.717, 1.165) is 0 Å². The normalized spacial score (nSPS) is 18.7. The highest BCUT2D eigenvalue weighted by Gasteiger charge is 2.22. The van der Waals surface area contributed by atoms with E-state index < -0.39 is 0 Å². The lowest BCUT2D eigenvalue weighted by molar-refractivity contribution is -0.121. The molecule has 0 spiro atoms. The van der Waals surface area contributed by atoms with Gasteiger partial charge < -0.3 is 10.6 Å². The number of rotatable bonds is 6. The summed E-state index contributed by atoms with van der Waals surface area (Å²) in [5.74, 6) is 0.782. The molecule has 3 heteroatoms. The average molecular weight is 210 g/mol. The Hall–Kier alpha value is -0.830. The van der Waals surface area contributed by atoms with Crippen molar-refractivity contribution in [2.45, 2.75) is 38.6 Å². The molecule has 0 aromatic heterocycles. The van der Waals surface area contributed by atoms with Gasteiger partial charge in [-0.1, -0.05) is 18.9 Å². The molecule has 0 unspecified atom stereocenters. The van der Waals surface area contributed by atoms with Crippen LogP contribution in [0.3, 0.4) is 0 Å². The molecule has 1 atom stereocenters. The fraction of sp³-hybridized carbons (Fsp3) is 0.750. The molecule has 0 aromatic carbocycles. The van der Waals surface area contributed by atoms with Crippen LogP contribution in [0.5, 0.6) is 0 Å². The molecule has 1 amide bonds. The monoisotopic (exact) mass is 210 g/mol. The zero-order valence-electron chi connectivity index (χ0n) is 9.59. The van der Waals surface area contributed by atoms with E-state index in [2.05, 4.69) is 24.1 Å². The lowest BCUT2D eigenvalue weighted by Gasteiger charge is -2.20. The smallest absolute Gasteiger partial charge is 0.234 e. The summed E-state index contributed by atoms with van der Waals surface area (Å²) < 4.78 is 0. The SMILES string of the molecule is C=CCNCC(=O)N[C@@H](C)C1CCCC1. The fourth-order valence-electron chi connectivity index (χ4n) is 2.17. The van der Waals surface area contributed by atoms with Gasteiger partial charge in [0.25, 0.3) is 0 Å². The van der Waals surface area contributed by atoms with E-state index in [0.29, 0.717) is 25.0 Å². The third-order valence-electron chi connectivity index (χ3n) is 3.07. The Morgan fingerprint density at radius 3 is 2.80 bits per heavy atom. The van der Waals surface area contributed by atoms with Crippen molar-refractivity contribution < 1.29 is 4.79 Å². The number of hydrogen-bond donors (Lipinski definition) is 2. The molecular weight excluding hydrogens is 188 g/mol. The molecule has 0 aliphatic heterocycles. The van der Waals surface area contributed by atoms with Gasteiger partial charge in [-0.25, -0.2) is 0 Å². The molecule has 1 rings (SSSR count). The number of amides is 1. The number of nitrogens with one attached hydrogen (secondary N) is 2. The van der Waals surface area contributed by atoms with Crippen molar-refractivity contribution in [1.82, 2.24) is 10.6 Å². The molecule has 0 heterocycles. The molecule has 1 fully saturated rings. The highest BCUT2D eigenvalue weighted by molar-refractivity contribution is 5.78. The molecule has 15 heavy (non-hydrogen) atoms. The van der Waals surface area contributed by atoms with Crippen LogP contribution in [-0.2, 0) is 4.79 Å². The van der Waals surface area contributed by atoms with Gasteiger partial charge in [0.05, 0.1) is 6.54 Å². The van der Waals surface area contributed by atoms with E-state index in [4.69, 9.17) is 0 Å². The first kappa shape index (κ1) is 12.2. The lowest BCUT2D eigenvalue weighted by atomic mass is 10.00. The van der Waals surface area contributed by atoms with Crippen molar-refractivity contribution in [3.8, 4) is 0 Å². The molecule has 0 bridgehead atoms. The van der Waals surface area contributed by atoms with Crippen molar-refractivity contribution in [2.24, 2.45) is 5.92 Å². The van der Waals surface area contributed by atoms with Gasteiger partial charge in [-0.15, -0.1) is 6.58 Å². The summed E-state index contributed by atoms with van der Waals surface area (Å²) in [7, 11) is 0. The molecule has 86 valence electrons. The highest BCUT2D eigenvalue weighted by atomic mass is 16.1. The topological polar surface area (TPSA) is 41.1 Å². The van der Waals surface area contributed by atoms with E-state index in [1.807, 2.05) is 0 Å². The van der Waals surface area contributed by atoms with E-state index in [1.165, 1.54) is 25.7 Å². The fourth-order valence-corrected chi connectivity index (χ4v) is 2.17. The third-order valence-corrected chi connectivity index (χ3v) is 3.07. The Kier molecular flexibility index (Phi) is 5.40. The Bertz CT molecular complexity index is 210. The van der Waals surface area contributed by atoms with Crippen LogP contribution in [0.4, 0.5) is 0 Å². The molecule has 0 saturated heterocycles. The van der Waals surface area contributed by atoms with E-state index >= 15 is 0 Å². The maximum absolute atomic E-state index is 11.5. The average Bonchev–Trinajstić information content (AvgIpc) is 2.70. The summed E-state index contributed by atoms with van der Waals surface area (Å²) >= 11 is 0. The first-order valence-electron chi connectivity index (χ1n) is 5.85. The second kappa shape index (κ2) is 6.62. The van der Waals surface area contributed by atoms with Gasteiger partial charge in [0, 0.05) is 12.6 Å². The number of hydrogen-bond acceptors (Lipinski definition) is 2. The summed E-state index contributed by atoms with van der Waals surface area (Å²) in [6.07, 6.45) is 6.93. The van der Waals surface area contributed by atoms with E-state index in [-0.39, 0.29) is 5.91 Å². The Morgan fingerprint density at radius 1 is 1.53 bits per heavy atom. The standard InChI is InChI=1S/C12H22N2O/c1-3-8-13-9-12(15)14-10(2)11-6-4-5-7-11/h3,10-11,13H,1,4-9H2,2H3,(H,14,15)/t10-/m0/s1. The molecule has 1 aliphatic rings. The van der Waals surface area contributed by atoms with Gasteiger partial charge >= 0.3 is 0 Å². The molecule has 3 nitrogen and oxygen atoms in total. The Labute approximate surface area is 92.3 Å². The zero-order chi connectivity index (χ0) is 11.1. The number of carbonyl (C=O) groups excluding carboxylic acids is 1. The van der Waals surface area contributed by atoms with Crippen LogP contribution in [0.1, 0.15) is 32.6 Å². The first-order chi connectivity index (χ1) is 7.24. The van der Waals surface area contributed by atoms with Crippen LogP contribution in [0.2, 0.25) is 0 Å². The van der Waals surface area contributed by atoms with Crippen LogP contribution in [0, 0.1) is 5.92 Å². The van der Waals surface area contributed by atoms with E-state index in [9.17, 15) is 4.79 Å². The minimum absolute atomic E-state index is 0.0937. The second-order valence-corrected chi connectivity index (χ2v) is 4.32. The largest absolute Gasteiger partial charge is 0.352 e. The van der Waals surface area contributed by atoms with Gasteiger partial charge in [0.15, 0.2) is 0 Å². The first-order valence-corrected chi connectivity index (χ1v) is 5.85. The van der Waals surface area contributed by atoms with Crippen molar-refractivity contribution >= 4 is 5.91 Å². The highest BCUT2D eigenvalue weighted by Crippen LogP contribution is 2.27. The van der Waals surface area contributed by atoms with Gasteiger partial charge in [0.1, 0.15) is 0 Å². The molecule has 0 radical (unpaired) electrons. The lowest BCUT2D eigenvalue weighted by Crippen LogP contribution is -2.42. The third kappa shape index (κ3) is 4.47. The minimum atomic E-state index is 0.0937. The predicted octanol–water partition coefficient (Wildman–Crippen LogP) is 1.46. The molecule has 2 N–H and O–H groups in total. The maximum Gasteiger partial charge on any atom is 0.234 e. The summed E-state index contributed by atoms with van der Waals surface area (Å²) in [5, 5.41) is 6.05. The van der Waals surface area contributed by atoms with Crippen LogP contribution >= 0.6 is 0 Å². The molecule has 0 aromatic rings. The predicted molar refractivity (Wildman–Crippen MR) is 62.6 cm³/mol. The zero-order valence-corrected chi connectivity index (χ0v) is 9.59. The summed E-state index contributed by atoms with van der Waals surface area (Å²) in [4.78, 5) is 11.5. The van der Waals surface area contributed by atoms with Crippen molar-refractivity contribution in [3.05, 3.63) is 12.7 Å². The Morgan fingerprint density at radius 2 is 2.20 bits per heavy atom. The quantitative estimate of drug-likeness (QED) is 0.515. The summed E-state index contributed by atoms with van der Waals surface area (Å²) in [6.45, 7) is 6.78. The van der Waals surface area contributed by atoms with Crippen molar-refractivity contribution in [1.29, 1.82) is 0 Å². The van der Waals surface area contributed by atoms with E-state index in [1.54, 1.807) is 6.08 Å². The molecule has 1 saturated carbocycles. The second-order valence-electron chi connectivity index (χ2n) is 4.32. The van der Waals surface area contributed by atoms with Crippen molar-refractivity contribution in [2.75, 3.05) is 13.1 Å². The van der Waals surface area contributed by atoms with Crippen LogP contribution in [-0.4, -0.2) is 25.0 Å². The van der Waals surface area contributed by atoms with Gasteiger partial charge in [-0.3, -0.25) is 4.79 Å². The molecular formula is C12H22N2O. The van der Waals surface area contributed by atoms with Crippen LogP contribution in [0.15, 0.2) is 12.7 Å². The van der Waals surface area contributed by atoms with Gasteiger partial charge in [-0.05, 0) is 25.7 Å². The van der Waals surface area contributed by atoms with Gasteiger partial charge in [-0.2, -0.15) is 0 Å². The minimum Gasteiger partial charge on any atom is -0.352 e. The van der Waals surface area contributed by atoms with Crippen molar-refractivity contribution in [3.63, 3.8) is 0 Å². The summed E-state index contributed by atoms with van der Waals surface area (Å²) in [6, 6.07) is 0.325. The Balaban J connectivity index is 2.15. The summed E-state index contributed by atoms with van der Waals surface area (Å²) in [5.41, 5.74) is 0. The van der Waals surface area contributed by atoms with Crippen LogP contribution < -0.4 is 10.6 Å². The molecule has 1 aliphatic carbocycles. The maximum atomic E-state index is 11.5. The van der Waals surface area contributed by atoms with Gasteiger partial charge in [0.2, 0.25) is 5.91 Å².